The highest BCUT2D eigenvalue weighted by atomic mass is 35.5. The fourth-order valence-electron chi connectivity index (χ4n) is 2.11. The molecule has 0 amide bonds. The van der Waals surface area contributed by atoms with E-state index in [0.717, 1.165) is 11.1 Å². The van der Waals surface area contributed by atoms with Crippen LogP contribution in [0.15, 0.2) is 18.2 Å². The van der Waals surface area contributed by atoms with Crippen LogP contribution in [0.1, 0.15) is 61.6 Å². The maximum absolute atomic E-state index is 12.1. The van der Waals surface area contributed by atoms with Crippen molar-refractivity contribution in [3.63, 3.8) is 0 Å². The van der Waals surface area contributed by atoms with E-state index in [-0.39, 0.29) is 12.5 Å². The molecule has 0 aliphatic carbocycles. The SMILES string of the molecule is CC(C)c1ccc(C(Cl)COCC(F)(F)F)c(C(C)C)c1. The number of hydrogen-bond acceptors (Lipinski definition) is 1. The minimum atomic E-state index is -4.32. The van der Waals surface area contributed by atoms with Crippen molar-refractivity contribution >= 4 is 11.6 Å². The van der Waals surface area contributed by atoms with Gasteiger partial charge in [-0.2, -0.15) is 13.2 Å². The molecule has 1 rings (SSSR count). The first-order valence-corrected chi connectivity index (χ1v) is 7.47. The van der Waals surface area contributed by atoms with Gasteiger partial charge in [0, 0.05) is 0 Å². The topological polar surface area (TPSA) is 9.23 Å². The van der Waals surface area contributed by atoms with Crippen LogP contribution in [0.3, 0.4) is 0 Å². The fraction of sp³-hybridized carbons (Fsp3) is 0.625. The number of alkyl halides is 4. The molecule has 120 valence electrons. The molecule has 0 fully saturated rings. The first-order valence-electron chi connectivity index (χ1n) is 7.04. The summed E-state index contributed by atoms with van der Waals surface area (Å²) in [6.07, 6.45) is -4.32. The highest BCUT2D eigenvalue weighted by Gasteiger charge is 2.28. The van der Waals surface area contributed by atoms with Gasteiger partial charge >= 0.3 is 6.18 Å². The summed E-state index contributed by atoms with van der Waals surface area (Å²) < 4.78 is 40.9. The van der Waals surface area contributed by atoms with Gasteiger partial charge in [-0.3, -0.25) is 0 Å². The molecule has 1 nitrogen and oxygen atoms in total. The monoisotopic (exact) mass is 322 g/mol. The normalized spacial score (nSPS) is 14.0. The maximum Gasteiger partial charge on any atom is 0.411 e. The molecule has 5 heteroatoms. The summed E-state index contributed by atoms with van der Waals surface area (Å²) in [7, 11) is 0. The fourth-order valence-corrected chi connectivity index (χ4v) is 2.39. The van der Waals surface area contributed by atoms with Gasteiger partial charge in [0.05, 0.1) is 12.0 Å². The van der Waals surface area contributed by atoms with E-state index in [4.69, 9.17) is 11.6 Å². The Bertz CT molecular complexity index is 455. The zero-order valence-corrected chi connectivity index (χ0v) is 13.6. The zero-order valence-electron chi connectivity index (χ0n) is 12.8. The maximum atomic E-state index is 12.1. The number of halogens is 4. The summed E-state index contributed by atoms with van der Waals surface area (Å²) >= 11 is 6.22. The number of hydrogen-bond donors (Lipinski definition) is 0. The second kappa shape index (κ2) is 7.50. The number of rotatable bonds is 6. The highest BCUT2D eigenvalue weighted by molar-refractivity contribution is 6.21. The smallest absolute Gasteiger partial charge is 0.370 e. The Kier molecular flexibility index (Phi) is 6.54. The van der Waals surface area contributed by atoms with E-state index >= 15 is 0 Å². The first kappa shape index (κ1) is 18.3. The number of ether oxygens (including phenoxy) is 1. The molecule has 1 unspecified atom stereocenters. The van der Waals surface area contributed by atoms with E-state index in [1.54, 1.807) is 0 Å². The average Bonchev–Trinajstić information content (AvgIpc) is 2.36. The van der Waals surface area contributed by atoms with Crippen LogP contribution in [0.25, 0.3) is 0 Å². The molecule has 0 spiro atoms. The molecule has 0 saturated carbocycles. The molecule has 1 atom stereocenters. The lowest BCUT2D eigenvalue weighted by molar-refractivity contribution is -0.173. The van der Waals surface area contributed by atoms with Crippen LogP contribution in [-0.2, 0) is 4.74 Å². The molecule has 1 aromatic carbocycles. The van der Waals surface area contributed by atoms with Gasteiger partial charge in [0.15, 0.2) is 0 Å². The summed E-state index contributed by atoms with van der Waals surface area (Å²) in [5.74, 6) is 0.648. The molecule has 0 aliphatic rings. The van der Waals surface area contributed by atoms with E-state index in [0.29, 0.717) is 5.92 Å². The van der Waals surface area contributed by atoms with Gasteiger partial charge in [-0.05, 0) is 28.5 Å². The van der Waals surface area contributed by atoms with E-state index < -0.39 is 18.2 Å². The molecule has 0 saturated heterocycles. The Labute approximate surface area is 129 Å². The van der Waals surface area contributed by atoms with Crippen molar-refractivity contribution in [1.82, 2.24) is 0 Å². The summed E-state index contributed by atoms with van der Waals surface area (Å²) in [6, 6.07) is 5.97. The van der Waals surface area contributed by atoms with Crippen molar-refractivity contribution in [1.29, 1.82) is 0 Å². The van der Waals surface area contributed by atoms with Crippen LogP contribution in [0.2, 0.25) is 0 Å². The lowest BCUT2D eigenvalue weighted by atomic mass is 9.90. The predicted molar refractivity (Wildman–Crippen MR) is 80.1 cm³/mol. The zero-order chi connectivity index (χ0) is 16.2. The van der Waals surface area contributed by atoms with Gasteiger partial charge in [0.1, 0.15) is 6.61 Å². The molecule has 0 bridgehead atoms. The van der Waals surface area contributed by atoms with Crippen LogP contribution >= 0.6 is 11.6 Å². The molecule has 0 heterocycles. The van der Waals surface area contributed by atoms with Crippen LogP contribution in [-0.4, -0.2) is 19.4 Å². The molecule has 0 N–H and O–H groups in total. The summed E-state index contributed by atoms with van der Waals surface area (Å²) in [5.41, 5.74) is 3.11. The van der Waals surface area contributed by atoms with Gasteiger partial charge in [-0.25, -0.2) is 0 Å². The predicted octanol–water partition coefficient (Wildman–Crippen LogP) is 5.79. The first-order chi connectivity index (χ1) is 9.61. The quantitative estimate of drug-likeness (QED) is 0.602. The summed E-state index contributed by atoms with van der Waals surface area (Å²) in [6.45, 7) is 6.87. The third-order valence-electron chi connectivity index (χ3n) is 3.27. The van der Waals surface area contributed by atoms with Crippen molar-refractivity contribution in [2.24, 2.45) is 0 Å². The van der Waals surface area contributed by atoms with E-state index in [9.17, 15) is 13.2 Å². The van der Waals surface area contributed by atoms with Crippen molar-refractivity contribution in [3.8, 4) is 0 Å². The second-order valence-corrected chi connectivity index (χ2v) is 6.32. The average molecular weight is 323 g/mol. The third kappa shape index (κ3) is 5.87. The van der Waals surface area contributed by atoms with Gasteiger partial charge in [0.25, 0.3) is 0 Å². The molecule has 21 heavy (non-hydrogen) atoms. The lowest BCUT2D eigenvalue weighted by Gasteiger charge is -2.20. The molecular weight excluding hydrogens is 301 g/mol. The van der Waals surface area contributed by atoms with E-state index in [1.807, 2.05) is 26.0 Å². The van der Waals surface area contributed by atoms with Crippen molar-refractivity contribution in [3.05, 3.63) is 34.9 Å². The third-order valence-corrected chi connectivity index (χ3v) is 3.63. The minimum absolute atomic E-state index is 0.151. The largest absolute Gasteiger partial charge is 0.411 e. The van der Waals surface area contributed by atoms with Gasteiger partial charge in [-0.1, -0.05) is 45.9 Å². The van der Waals surface area contributed by atoms with Crippen LogP contribution in [0.4, 0.5) is 13.2 Å². The van der Waals surface area contributed by atoms with E-state index in [1.165, 1.54) is 5.56 Å². The highest BCUT2D eigenvalue weighted by Crippen LogP contribution is 2.32. The van der Waals surface area contributed by atoms with Crippen LogP contribution in [0, 0.1) is 0 Å². The van der Waals surface area contributed by atoms with Crippen molar-refractivity contribution in [2.75, 3.05) is 13.2 Å². The van der Waals surface area contributed by atoms with E-state index in [2.05, 4.69) is 24.7 Å². The van der Waals surface area contributed by atoms with Gasteiger partial charge < -0.3 is 4.74 Å². The van der Waals surface area contributed by atoms with Crippen LogP contribution < -0.4 is 0 Å². The van der Waals surface area contributed by atoms with Gasteiger partial charge in [0.2, 0.25) is 0 Å². The lowest BCUT2D eigenvalue weighted by Crippen LogP contribution is -2.19. The molecule has 0 radical (unpaired) electrons. The van der Waals surface area contributed by atoms with Gasteiger partial charge in [-0.15, -0.1) is 11.6 Å². The second-order valence-electron chi connectivity index (χ2n) is 5.80. The summed E-state index contributed by atoms with van der Waals surface area (Å²) in [4.78, 5) is 0. The molecular formula is C16H22ClF3O. The van der Waals surface area contributed by atoms with Crippen LogP contribution in [0.5, 0.6) is 0 Å². The Morgan fingerprint density at radius 2 is 1.67 bits per heavy atom. The molecule has 1 aromatic rings. The standard InChI is InChI=1S/C16H22ClF3O/c1-10(2)12-5-6-13(14(7-12)11(3)4)15(17)8-21-9-16(18,19)20/h5-7,10-11,15H,8-9H2,1-4H3. The number of benzene rings is 1. The summed E-state index contributed by atoms with van der Waals surface area (Å²) in [5, 5.41) is -0.578. The Balaban J connectivity index is 2.85. The minimum Gasteiger partial charge on any atom is -0.370 e. The van der Waals surface area contributed by atoms with Crippen molar-refractivity contribution < 1.29 is 17.9 Å². The van der Waals surface area contributed by atoms with Crippen molar-refractivity contribution in [2.45, 2.75) is 51.1 Å². The Hall–Kier alpha value is -0.740. The molecule has 0 aliphatic heterocycles. The Morgan fingerprint density at radius 1 is 1.05 bits per heavy atom. The molecule has 0 aromatic heterocycles. The Morgan fingerprint density at radius 3 is 2.14 bits per heavy atom.